The Morgan fingerprint density at radius 1 is 1.17 bits per heavy atom. The molecular formula is C25H25FN6O2S. The molecule has 8 nitrogen and oxygen atoms in total. The van der Waals surface area contributed by atoms with Gasteiger partial charge in [-0.3, -0.25) is 9.69 Å². The number of pyridine rings is 2. The van der Waals surface area contributed by atoms with Crippen LogP contribution in [-0.2, 0) is 11.3 Å². The SMILES string of the molecule is CN(c1ccc(F)cc1)c1ccc2nc(Nc3cc(CN4CCC(C(=O)O)CC4)ccn3)sc2n1. The fraction of sp³-hybridized carbons (Fsp3) is 0.280. The minimum Gasteiger partial charge on any atom is -0.481 e. The summed E-state index contributed by atoms with van der Waals surface area (Å²) >= 11 is 1.44. The van der Waals surface area contributed by atoms with Gasteiger partial charge in [0.1, 0.15) is 27.8 Å². The number of likely N-dealkylation sites (tertiary alicyclic amines) is 1. The molecule has 1 aliphatic rings. The first kappa shape index (κ1) is 23.1. The summed E-state index contributed by atoms with van der Waals surface area (Å²) in [7, 11) is 1.89. The number of carboxylic acids is 1. The predicted octanol–water partition coefficient (Wildman–Crippen LogP) is 5.03. The summed E-state index contributed by atoms with van der Waals surface area (Å²) in [5, 5.41) is 13.2. The molecule has 0 atom stereocenters. The van der Waals surface area contributed by atoms with Gasteiger partial charge in [-0.2, -0.15) is 0 Å². The minimum atomic E-state index is -0.695. The van der Waals surface area contributed by atoms with Crippen molar-refractivity contribution in [3.05, 3.63) is 66.1 Å². The first-order valence-electron chi connectivity index (χ1n) is 11.4. The van der Waals surface area contributed by atoms with Crippen LogP contribution in [-0.4, -0.2) is 51.1 Å². The van der Waals surface area contributed by atoms with Gasteiger partial charge in [0.2, 0.25) is 0 Å². The van der Waals surface area contributed by atoms with Gasteiger partial charge in [0.05, 0.1) is 5.92 Å². The van der Waals surface area contributed by atoms with Gasteiger partial charge in [0.25, 0.3) is 0 Å². The Morgan fingerprint density at radius 2 is 1.94 bits per heavy atom. The Hall–Kier alpha value is -3.63. The number of rotatable bonds is 7. The van der Waals surface area contributed by atoms with E-state index in [-0.39, 0.29) is 11.7 Å². The van der Waals surface area contributed by atoms with Crippen molar-refractivity contribution in [3.8, 4) is 0 Å². The van der Waals surface area contributed by atoms with Crippen molar-refractivity contribution in [3.63, 3.8) is 0 Å². The topological polar surface area (TPSA) is 94.5 Å². The zero-order valence-electron chi connectivity index (χ0n) is 19.2. The fourth-order valence-electron chi connectivity index (χ4n) is 4.19. The fourth-order valence-corrected chi connectivity index (χ4v) is 5.03. The second-order valence-electron chi connectivity index (χ2n) is 8.61. The van der Waals surface area contributed by atoms with E-state index in [0.29, 0.717) is 23.8 Å². The Bertz CT molecular complexity index is 1340. The van der Waals surface area contributed by atoms with E-state index in [2.05, 4.69) is 20.2 Å². The van der Waals surface area contributed by atoms with E-state index in [1.54, 1.807) is 18.3 Å². The maximum Gasteiger partial charge on any atom is 0.306 e. The highest BCUT2D eigenvalue weighted by molar-refractivity contribution is 7.21. The van der Waals surface area contributed by atoms with Crippen LogP contribution in [0.5, 0.6) is 0 Å². The number of nitrogens with zero attached hydrogens (tertiary/aromatic N) is 5. The van der Waals surface area contributed by atoms with Gasteiger partial charge < -0.3 is 15.3 Å². The molecule has 2 N–H and O–H groups in total. The van der Waals surface area contributed by atoms with Gasteiger partial charge in [0.15, 0.2) is 5.13 Å². The van der Waals surface area contributed by atoms with Crippen LogP contribution >= 0.6 is 11.3 Å². The highest BCUT2D eigenvalue weighted by Crippen LogP contribution is 2.30. The lowest BCUT2D eigenvalue weighted by Gasteiger charge is -2.30. The van der Waals surface area contributed by atoms with Crippen LogP contribution in [0, 0.1) is 11.7 Å². The number of carboxylic acid groups (broad SMARTS) is 1. The summed E-state index contributed by atoms with van der Waals surface area (Å²) in [5.41, 5.74) is 2.74. The first-order valence-corrected chi connectivity index (χ1v) is 12.2. The molecule has 5 rings (SSSR count). The molecule has 0 aliphatic carbocycles. The number of hydrogen-bond donors (Lipinski definition) is 2. The number of piperidine rings is 1. The minimum absolute atomic E-state index is 0.232. The number of anilines is 4. The summed E-state index contributed by atoms with van der Waals surface area (Å²) in [6.07, 6.45) is 3.13. The molecule has 4 heterocycles. The van der Waals surface area contributed by atoms with E-state index in [0.717, 1.165) is 47.1 Å². The van der Waals surface area contributed by atoms with Gasteiger partial charge >= 0.3 is 5.97 Å². The van der Waals surface area contributed by atoms with Crippen molar-refractivity contribution >= 4 is 50.1 Å². The van der Waals surface area contributed by atoms with Gasteiger partial charge in [0, 0.05) is 25.5 Å². The van der Waals surface area contributed by atoms with E-state index >= 15 is 0 Å². The Balaban J connectivity index is 1.26. The maximum absolute atomic E-state index is 13.3. The maximum atomic E-state index is 13.3. The molecule has 1 fully saturated rings. The quantitative estimate of drug-likeness (QED) is 0.371. The molecule has 180 valence electrons. The molecule has 0 unspecified atom stereocenters. The summed E-state index contributed by atoms with van der Waals surface area (Å²) in [5.74, 6) is 0.241. The van der Waals surface area contributed by atoms with Crippen molar-refractivity contribution < 1.29 is 14.3 Å². The van der Waals surface area contributed by atoms with Crippen molar-refractivity contribution in [2.24, 2.45) is 5.92 Å². The second kappa shape index (κ2) is 9.93. The van der Waals surface area contributed by atoms with Crippen LogP contribution in [0.3, 0.4) is 0 Å². The van der Waals surface area contributed by atoms with Gasteiger partial charge in [-0.1, -0.05) is 11.3 Å². The highest BCUT2D eigenvalue weighted by atomic mass is 32.1. The Labute approximate surface area is 206 Å². The normalized spacial score (nSPS) is 14.8. The number of nitrogens with one attached hydrogen (secondary N) is 1. The molecule has 0 saturated carbocycles. The largest absolute Gasteiger partial charge is 0.481 e. The lowest BCUT2D eigenvalue weighted by Crippen LogP contribution is -2.35. The zero-order valence-corrected chi connectivity index (χ0v) is 20.0. The molecule has 35 heavy (non-hydrogen) atoms. The molecule has 0 radical (unpaired) electrons. The van der Waals surface area contributed by atoms with Crippen LogP contribution < -0.4 is 10.2 Å². The number of aliphatic carboxylic acids is 1. The Kier molecular flexibility index (Phi) is 6.56. The monoisotopic (exact) mass is 492 g/mol. The average Bonchev–Trinajstić information content (AvgIpc) is 3.26. The van der Waals surface area contributed by atoms with Crippen molar-refractivity contribution in [2.75, 3.05) is 30.4 Å². The van der Waals surface area contributed by atoms with Crippen molar-refractivity contribution in [1.82, 2.24) is 19.9 Å². The molecule has 0 spiro atoms. The first-order chi connectivity index (χ1) is 16.9. The number of aromatic nitrogens is 3. The lowest BCUT2D eigenvalue weighted by molar-refractivity contribution is -0.143. The average molecular weight is 493 g/mol. The number of carbonyl (C=O) groups is 1. The van der Waals surface area contributed by atoms with E-state index in [1.165, 1.54) is 23.5 Å². The van der Waals surface area contributed by atoms with E-state index in [1.807, 2.05) is 36.2 Å². The molecule has 10 heteroatoms. The third-order valence-electron chi connectivity index (χ3n) is 6.20. The summed E-state index contributed by atoms with van der Waals surface area (Å²) in [4.78, 5) is 29.9. The van der Waals surface area contributed by atoms with Gasteiger partial charge in [-0.25, -0.2) is 19.3 Å². The molecule has 1 aromatic carbocycles. The standard InChI is InChI=1S/C25H25FN6O2S/c1-31(19-4-2-18(26)3-5-19)22-7-6-20-23(30-22)35-25(28-20)29-21-14-16(8-11-27-21)15-32-12-9-17(10-13-32)24(33)34/h2-8,11,14,17H,9-10,12-13,15H2,1H3,(H,33,34)(H,27,28,29). The van der Waals surface area contributed by atoms with Crippen LogP contribution in [0.1, 0.15) is 18.4 Å². The number of thiazole rings is 1. The summed E-state index contributed by atoms with van der Waals surface area (Å²) in [6, 6.07) is 14.1. The summed E-state index contributed by atoms with van der Waals surface area (Å²) in [6.45, 7) is 2.31. The summed E-state index contributed by atoms with van der Waals surface area (Å²) < 4.78 is 13.3. The second-order valence-corrected chi connectivity index (χ2v) is 9.59. The number of fused-ring (bicyclic) bond motifs is 1. The molecular weight excluding hydrogens is 467 g/mol. The smallest absolute Gasteiger partial charge is 0.306 e. The van der Waals surface area contributed by atoms with Crippen LogP contribution in [0.25, 0.3) is 10.3 Å². The third kappa shape index (κ3) is 5.39. The van der Waals surface area contributed by atoms with Crippen LogP contribution in [0.2, 0.25) is 0 Å². The van der Waals surface area contributed by atoms with Gasteiger partial charge in [-0.05, 0) is 80.0 Å². The van der Waals surface area contributed by atoms with E-state index in [9.17, 15) is 14.3 Å². The van der Waals surface area contributed by atoms with E-state index in [4.69, 9.17) is 4.98 Å². The molecule has 0 bridgehead atoms. The molecule has 1 saturated heterocycles. The van der Waals surface area contributed by atoms with E-state index < -0.39 is 5.97 Å². The van der Waals surface area contributed by atoms with Gasteiger partial charge in [-0.15, -0.1) is 0 Å². The predicted molar refractivity (Wildman–Crippen MR) is 135 cm³/mol. The molecule has 4 aromatic rings. The molecule has 3 aromatic heterocycles. The lowest BCUT2D eigenvalue weighted by atomic mass is 9.97. The van der Waals surface area contributed by atoms with Crippen molar-refractivity contribution in [2.45, 2.75) is 19.4 Å². The third-order valence-corrected chi connectivity index (χ3v) is 7.08. The van der Waals surface area contributed by atoms with Crippen LogP contribution in [0.15, 0.2) is 54.7 Å². The number of halogens is 1. The van der Waals surface area contributed by atoms with Crippen LogP contribution in [0.4, 0.5) is 26.8 Å². The highest BCUT2D eigenvalue weighted by Gasteiger charge is 2.24. The van der Waals surface area contributed by atoms with Crippen molar-refractivity contribution in [1.29, 1.82) is 0 Å². The molecule has 1 aliphatic heterocycles. The Morgan fingerprint density at radius 3 is 2.69 bits per heavy atom. The number of hydrogen-bond acceptors (Lipinski definition) is 8. The zero-order chi connectivity index (χ0) is 24.4. The molecule has 0 amide bonds. The number of benzene rings is 1.